The molecule has 0 aliphatic heterocycles. The lowest BCUT2D eigenvalue weighted by atomic mass is 10.1. The Hall–Kier alpha value is -1.10. The predicted molar refractivity (Wildman–Crippen MR) is 99.8 cm³/mol. The molecule has 0 heterocycles. The van der Waals surface area contributed by atoms with E-state index in [0.29, 0.717) is 19.3 Å². The Morgan fingerprint density at radius 2 is 1.67 bits per heavy atom. The maximum Gasteiger partial charge on any atom is 0.123 e. The zero-order chi connectivity index (χ0) is 17.6. The SMILES string of the molecule is CCCCCOCCOCCN(CC)C(C)c1ccccc1OC. The molecule has 1 aromatic rings. The number of hydrogen-bond acceptors (Lipinski definition) is 4. The van der Waals surface area contributed by atoms with Gasteiger partial charge < -0.3 is 14.2 Å². The van der Waals surface area contributed by atoms with E-state index in [4.69, 9.17) is 14.2 Å². The third kappa shape index (κ3) is 7.65. The number of unbranched alkanes of at least 4 members (excludes halogenated alkanes) is 2. The van der Waals surface area contributed by atoms with Gasteiger partial charge in [0.2, 0.25) is 0 Å². The van der Waals surface area contributed by atoms with Gasteiger partial charge in [0.15, 0.2) is 0 Å². The van der Waals surface area contributed by atoms with Crippen molar-refractivity contribution in [3.8, 4) is 5.75 Å². The van der Waals surface area contributed by atoms with Gasteiger partial charge in [0, 0.05) is 24.8 Å². The molecule has 0 amide bonds. The Balaban J connectivity index is 2.27. The summed E-state index contributed by atoms with van der Waals surface area (Å²) < 4.78 is 16.8. The molecule has 1 unspecified atom stereocenters. The molecule has 24 heavy (non-hydrogen) atoms. The van der Waals surface area contributed by atoms with Crippen LogP contribution in [-0.2, 0) is 9.47 Å². The highest BCUT2D eigenvalue weighted by Crippen LogP contribution is 2.28. The zero-order valence-electron chi connectivity index (χ0n) is 15.9. The van der Waals surface area contributed by atoms with Gasteiger partial charge in [-0.25, -0.2) is 0 Å². The summed E-state index contributed by atoms with van der Waals surface area (Å²) in [5, 5.41) is 0. The van der Waals surface area contributed by atoms with Gasteiger partial charge in [-0.2, -0.15) is 0 Å². The van der Waals surface area contributed by atoms with Crippen LogP contribution in [0, 0.1) is 0 Å². The van der Waals surface area contributed by atoms with Crippen LogP contribution in [0.15, 0.2) is 24.3 Å². The van der Waals surface area contributed by atoms with E-state index >= 15 is 0 Å². The maximum atomic E-state index is 5.72. The summed E-state index contributed by atoms with van der Waals surface area (Å²) in [6.07, 6.45) is 3.63. The number of benzene rings is 1. The molecule has 4 heteroatoms. The summed E-state index contributed by atoms with van der Waals surface area (Å²) in [6, 6.07) is 8.53. The van der Waals surface area contributed by atoms with Crippen LogP contribution in [0.4, 0.5) is 0 Å². The molecule has 0 fully saturated rings. The van der Waals surface area contributed by atoms with E-state index in [9.17, 15) is 0 Å². The molecular weight excluding hydrogens is 302 g/mol. The van der Waals surface area contributed by atoms with Gasteiger partial charge in [-0.15, -0.1) is 0 Å². The van der Waals surface area contributed by atoms with Gasteiger partial charge in [-0.3, -0.25) is 4.90 Å². The van der Waals surface area contributed by atoms with E-state index < -0.39 is 0 Å². The minimum atomic E-state index is 0.306. The molecule has 0 spiro atoms. The Bertz CT molecular complexity index is 425. The fraction of sp³-hybridized carbons (Fsp3) is 0.700. The topological polar surface area (TPSA) is 30.9 Å². The fourth-order valence-corrected chi connectivity index (χ4v) is 2.79. The average molecular weight is 338 g/mol. The van der Waals surface area contributed by atoms with Crippen LogP contribution in [0.2, 0.25) is 0 Å². The number of ether oxygens (including phenoxy) is 3. The van der Waals surface area contributed by atoms with Crippen LogP contribution in [0.1, 0.15) is 51.6 Å². The Labute approximate surface area is 148 Å². The van der Waals surface area contributed by atoms with Gasteiger partial charge >= 0.3 is 0 Å². The van der Waals surface area contributed by atoms with Crippen molar-refractivity contribution in [2.24, 2.45) is 0 Å². The largest absolute Gasteiger partial charge is 0.496 e. The van der Waals surface area contributed by atoms with E-state index in [2.05, 4.69) is 37.8 Å². The normalized spacial score (nSPS) is 12.5. The van der Waals surface area contributed by atoms with E-state index in [1.807, 2.05) is 12.1 Å². The van der Waals surface area contributed by atoms with Gasteiger partial charge in [0.1, 0.15) is 5.75 Å². The van der Waals surface area contributed by atoms with Gasteiger partial charge in [0.05, 0.1) is 26.9 Å². The molecule has 0 radical (unpaired) electrons. The second-order valence-corrected chi connectivity index (χ2v) is 5.98. The summed E-state index contributed by atoms with van der Waals surface area (Å²) in [5.41, 5.74) is 1.22. The van der Waals surface area contributed by atoms with Crippen LogP contribution >= 0.6 is 0 Å². The zero-order valence-corrected chi connectivity index (χ0v) is 15.9. The van der Waals surface area contributed by atoms with Gasteiger partial charge in [0.25, 0.3) is 0 Å². The van der Waals surface area contributed by atoms with E-state index in [0.717, 1.165) is 38.5 Å². The smallest absolute Gasteiger partial charge is 0.123 e. The summed E-state index contributed by atoms with van der Waals surface area (Å²) in [7, 11) is 1.73. The van der Waals surface area contributed by atoms with Crippen molar-refractivity contribution in [1.82, 2.24) is 4.90 Å². The highest BCUT2D eigenvalue weighted by Gasteiger charge is 2.17. The lowest BCUT2D eigenvalue weighted by molar-refractivity contribution is 0.0338. The average Bonchev–Trinajstić information content (AvgIpc) is 2.63. The molecule has 0 aliphatic rings. The minimum absolute atomic E-state index is 0.306. The van der Waals surface area contributed by atoms with Crippen LogP contribution in [0.5, 0.6) is 5.75 Å². The van der Waals surface area contributed by atoms with Crippen LogP contribution < -0.4 is 4.74 Å². The van der Waals surface area contributed by atoms with Crippen molar-refractivity contribution < 1.29 is 14.2 Å². The van der Waals surface area contributed by atoms with E-state index in [1.165, 1.54) is 18.4 Å². The summed E-state index contributed by atoms with van der Waals surface area (Å²) in [5.74, 6) is 0.949. The number of para-hydroxylation sites is 1. The molecule has 1 aromatic carbocycles. The van der Waals surface area contributed by atoms with E-state index in [1.54, 1.807) is 7.11 Å². The molecule has 0 bridgehead atoms. The maximum absolute atomic E-state index is 5.72. The standard InChI is InChI=1S/C20H35NO3/c1-5-7-10-14-23-16-17-24-15-13-21(6-2)18(3)19-11-8-9-12-20(19)22-4/h8-9,11-12,18H,5-7,10,13-17H2,1-4H3. The summed E-state index contributed by atoms with van der Waals surface area (Å²) >= 11 is 0. The van der Waals surface area contributed by atoms with Crippen LogP contribution in [0.25, 0.3) is 0 Å². The van der Waals surface area contributed by atoms with Gasteiger partial charge in [-0.1, -0.05) is 44.9 Å². The fourth-order valence-electron chi connectivity index (χ4n) is 2.79. The molecule has 1 atom stereocenters. The van der Waals surface area contributed by atoms with Crippen molar-refractivity contribution >= 4 is 0 Å². The first-order valence-corrected chi connectivity index (χ1v) is 9.27. The molecule has 0 saturated heterocycles. The van der Waals surface area contributed by atoms with E-state index in [-0.39, 0.29) is 0 Å². The first-order chi connectivity index (χ1) is 11.7. The highest BCUT2D eigenvalue weighted by atomic mass is 16.5. The number of nitrogens with zero attached hydrogens (tertiary/aromatic N) is 1. The Kier molecular flexibility index (Phi) is 11.5. The second kappa shape index (κ2) is 13.2. The third-order valence-electron chi connectivity index (χ3n) is 4.33. The van der Waals surface area contributed by atoms with Crippen molar-refractivity contribution in [2.75, 3.05) is 46.6 Å². The number of methoxy groups -OCH3 is 1. The first-order valence-electron chi connectivity index (χ1n) is 9.27. The van der Waals surface area contributed by atoms with Crippen molar-refractivity contribution in [3.63, 3.8) is 0 Å². The number of hydrogen-bond donors (Lipinski definition) is 0. The first kappa shape index (κ1) is 20.9. The lowest BCUT2D eigenvalue weighted by Crippen LogP contribution is -2.31. The molecule has 0 aliphatic carbocycles. The molecule has 0 saturated carbocycles. The van der Waals surface area contributed by atoms with Crippen molar-refractivity contribution in [3.05, 3.63) is 29.8 Å². The quantitative estimate of drug-likeness (QED) is 0.474. The molecule has 1 rings (SSSR count). The summed E-state index contributed by atoms with van der Waals surface area (Å²) in [6.45, 7) is 11.4. The Morgan fingerprint density at radius 1 is 0.958 bits per heavy atom. The molecular formula is C20H35NO3. The predicted octanol–water partition coefficient (Wildman–Crippen LogP) is 4.30. The summed E-state index contributed by atoms with van der Waals surface area (Å²) in [4.78, 5) is 2.40. The van der Waals surface area contributed by atoms with Crippen molar-refractivity contribution in [1.29, 1.82) is 0 Å². The lowest BCUT2D eigenvalue weighted by Gasteiger charge is -2.29. The monoisotopic (exact) mass is 337 g/mol. The third-order valence-corrected chi connectivity index (χ3v) is 4.33. The van der Waals surface area contributed by atoms with Crippen LogP contribution in [-0.4, -0.2) is 51.5 Å². The Morgan fingerprint density at radius 3 is 2.33 bits per heavy atom. The highest BCUT2D eigenvalue weighted by molar-refractivity contribution is 5.35. The second-order valence-electron chi connectivity index (χ2n) is 5.98. The molecule has 0 aromatic heterocycles. The molecule has 138 valence electrons. The number of rotatable bonds is 14. The minimum Gasteiger partial charge on any atom is -0.496 e. The molecule has 4 nitrogen and oxygen atoms in total. The molecule has 0 N–H and O–H groups in total. The number of likely N-dealkylation sites (N-methyl/N-ethyl adjacent to an activating group) is 1. The van der Waals surface area contributed by atoms with Crippen molar-refractivity contribution in [2.45, 2.75) is 46.1 Å². The van der Waals surface area contributed by atoms with Gasteiger partial charge in [-0.05, 0) is 26.0 Å². The van der Waals surface area contributed by atoms with Crippen LogP contribution in [0.3, 0.4) is 0 Å².